The van der Waals surface area contributed by atoms with Gasteiger partial charge in [0.15, 0.2) is 0 Å². The number of urea groups is 1. The first-order chi connectivity index (χ1) is 9.79. The van der Waals surface area contributed by atoms with Crippen LogP contribution in [0.15, 0.2) is 18.2 Å². The summed E-state index contributed by atoms with van der Waals surface area (Å²) >= 11 is 0. The molecular weight excluding hydrogens is 268 g/mol. The molecule has 1 aromatic carbocycles. The van der Waals surface area contributed by atoms with Gasteiger partial charge in [-0.2, -0.15) is 0 Å². The third kappa shape index (κ3) is 3.12. The number of hydrogen-bond donors (Lipinski definition) is 0. The first kappa shape index (κ1) is 15.2. The van der Waals surface area contributed by atoms with E-state index in [1.54, 1.807) is 0 Å². The zero-order chi connectivity index (χ0) is 15.7. The zero-order valence-electron chi connectivity index (χ0n) is 12.8. The predicted molar refractivity (Wildman–Crippen MR) is 78.4 cm³/mol. The fraction of sp³-hybridized carbons (Fsp3) is 0.438. The summed E-state index contributed by atoms with van der Waals surface area (Å²) in [7, 11) is 0. The van der Waals surface area contributed by atoms with Crippen molar-refractivity contribution in [2.24, 2.45) is 5.92 Å². The summed E-state index contributed by atoms with van der Waals surface area (Å²) in [4.78, 5) is 38.2. The van der Waals surface area contributed by atoms with Crippen molar-refractivity contribution in [1.82, 2.24) is 9.80 Å². The molecule has 0 spiro atoms. The van der Waals surface area contributed by atoms with Crippen molar-refractivity contribution < 1.29 is 14.4 Å². The molecule has 0 saturated carbocycles. The fourth-order valence-corrected chi connectivity index (χ4v) is 2.56. The maximum atomic E-state index is 12.2. The van der Waals surface area contributed by atoms with E-state index in [1.165, 1.54) is 0 Å². The monoisotopic (exact) mass is 288 g/mol. The largest absolute Gasteiger partial charge is 0.334 e. The Morgan fingerprint density at radius 3 is 1.95 bits per heavy atom. The van der Waals surface area contributed by atoms with Gasteiger partial charge in [0, 0.05) is 6.54 Å². The normalized spacial score (nSPS) is 15.6. The van der Waals surface area contributed by atoms with Crippen LogP contribution in [0.25, 0.3) is 0 Å². The van der Waals surface area contributed by atoms with Crippen molar-refractivity contribution in [3.8, 4) is 0 Å². The smallest absolute Gasteiger partial charge is 0.263 e. The second-order valence-electron chi connectivity index (χ2n) is 5.98. The Morgan fingerprint density at radius 2 is 1.43 bits per heavy atom. The van der Waals surface area contributed by atoms with Gasteiger partial charge in [0.25, 0.3) is 0 Å². The number of imide groups is 2. The van der Waals surface area contributed by atoms with E-state index in [4.69, 9.17) is 0 Å². The quantitative estimate of drug-likeness (QED) is 0.630. The van der Waals surface area contributed by atoms with Gasteiger partial charge in [-0.1, -0.05) is 43.2 Å². The summed E-state index contributed by atoms with van der Waals surface area (Å²) in [5.74, 6) is -1.33. The maximum absolute atomic E-state index is 12.2. The van der Waals surface area contributed by atoms with Crippen LogP contribution >= 0.6 is 0 Å². The lowest BCUT2D eigenvalue weighted by atomic mass is 10.1. The fourth-order valence-electron chi connectivity index (χ4n) is 2.56. The second-order valence-corrected chi connectivity index (χ2v) is 5.98. The molecule has 0 atom stereocenters. The summed E-state index contributed by atoms with van der Waals surface area (Å²) in [6.07, 6.45) is 0. The van der Waals surface area contributed by atoms with Gasteiger partial charge in [0.1, 0.15) is 0 Å². The molecule has 1 heterocycles. The summed E-state index contributed by atoms with van der Waals surface area (Å²) in [5, 5.41) is 0. The van der Waals surface area contributed by atoms with Crippen LogP contribution in [-0.2, 0) is 16.1 Å². The van der Waals surface area contributed by atoms with Crippen LogP contribution in [0.2, 0.25) is 0 Å². The van der Waals surface area contributed by atoms with Gasteiger partial charge in [0.2, 0.25) is 0 Å². The topological polar surface area (TPSA) is 57.7 Å². The molecule has 5 heteroatoms. The Balaban J connectivity index is 2.22. The lowest BCUT2D eigenvalue weighted by Gasteiger charge is -2.17. The number of aryl methyl sites for hydroxylation is 2. The number of carbonyl (C=O) groups is 3. The molecule has 0 unspecified atom stereocenters. The first-order valence-corrected chi connectivity index (χ1v) is 7.04. The van der Waals surface area contributed by atoms with Crippen LogP contribution in [0, 0.1) is 19.8 Å². The van der Waals surface area contributed by atoms with Gasteiger partial charge in [-0.05, 0) is 25.3 Å². The number of rotatable bonds is 4. The average molecular weight is 288 g/mol. The minimum atomic E-state index is -0.736. The SMILES string of the molecule is Cc1cc(C)cc(CN2C(=O)C(=O)N(CC(C)C)C2=O)c1. The van der Waals surface area contributed by atoms with Crippen LogP contribution < -0.4 is 0 Å². The van der Waals surface area contributed by atoms with E-state index in [1.807, 2.05) is 45.9 Å². The molecule has 0 aliphatic carbocycles. The first-order valence-electron chi connectivity index (χ1n) is 7.04. The van der Waals surface area contributed by atoms with Gasteiger partial charge >= 0.3 is 17.8 Å². The number of hydrogen-bond acceptors (Lipinski definition) is 3. The third-order valence-corrected chi connectivity index (χ3v) is 3.30. The molecule has 5 nitrogen and oxygen atoms in total. The molecule has 4 amide bonds. The highest BCUT2D eigenvalue weighted by molar-refractivity contribution is 6.44. The number of benzene rings is 1. The van der Waals surface area contributed by atoms with E-state index >= 15 is 0 Å². The highest BCUT2D eigenvalue weighted by Crippen LogP contribution is 2.18. The van der Waals surface area contributed by atoms with Gasteiger partial charge < -0.3 is 0 Å². The minimum Gasteiger partial charge on any atom is -0.263 e. The van der Waals surface area contributed by atoms with E-state index in [0.29, 0.717) is 0 Å². The predicted octanol–water partition coefficient (Wildman–Crippen LogP) is 2.25. The standard InChI is InChI=1S/C16H20N2O3/c1-10(2)8-17-14(19)15(20)18(16(17)21)9-13-6-11(3)5-12(4)7-13/h5-7,10H,8-9H2,1-4H3. The average Bonchev–Trinajstić information content (AvgIpc) is 2.55. The van der Waals surface area contributed by atoms with Crippen LogP contribution in [0.3, 0.4) is 0 Å². The zero-order valence-corrected chi connectivity index (χ0v) is 12.8. The van der Waals surface area contributed by atoms with Crippen molar-refractivity contribution >= 4 is 17.8 Å². The lowest BCUT2D eigenvalue weighted by molar-refractivity contribution is -0.143. The minimum absolute atomic E-state index is 0.131. The third-order valence-electron chi connectivity index (χ3n) is 3.30. The molecule has 0 aromatic heterocycles. The Morgan fingerprint density at radius 1 is 0.905 bits per heavy atom. The lowest BCUT2D eigenvalue weighted by Crippen LogP contribution is -2.35. The highest BCUT2D eigenvalue weighted by Gasteiger charge is 2.44. The molecule has 0 bridgehead atoms. The van der Waals surface area contributed by atoms with Crippen molar-refractivity contribution in [1.29, 1.82) is 0 Å². The second kappa shape index (κ2) is 5.68. The Bertz CT molecular complexity index is 587. The van der Waals surface area contributed by atoms with Gasteiger partial charge in [-0.3, -0.25) is 19.4 Å². The number of amides is 4. The van der Waals surface area contributed by atoms with E-state index < -0.39 is 17.8 Å². The summed E-state index contributed by atoms with van der Waals surface area (Å²) < 4.78 is 0. The van der Waals surface area contributed by atoms with Gasteiger partial charge in [0.05, 0.1) is 6.54 Å². The van der Waals surface area contributed by atoms with Crippen molar-refractivity contribution in [3.63, 3.8) is 0 Å². The molecule has 0 N–H and O–H groups in total. The van der Waals surface area contributed by atoms with Crippen LogP contribution in [0.5, 0.6) is 0 Å². The highest BCUT2D eigenvalue weighted by atomic mass is 16.2. The van der Waals surface area contributed by atoms with Crippen molar-refractivity contribution in [2.45, 2.75) is 34.2 Å². The van der Waals surface area contributed by atoms with Gasteiger partial charge in [-0.15, -0.1) is 0 Å². The van der Waals surface area contributed by atoms with Crippen molar-refractivity contribution in [3.05, 3.63) is 34.9 Å². The van der Waals surface area contributed by atoms with Gasteiger partial charge in [-0.25, -0.2) is 4.79 Å². The van der Waals surface area contributed by atoms with Crippen LogP contribution in [0.1, 0.15) is 30.5 Å². The molecule has 1 saturated heterocycles. The molecule has 1 aliphatic rings. The maximum Gasteiger partial charge on any atom is 0.334 e. The van der Waals surface area contributed by atoms with E-state index in [0.717, 1.165) is 26.5 Å². The Labute approximate surface area is 124 Å². The van der Waals surface area contributed by atoms with Crippen molar-refractivity contribution in [2.75, 3.05) is 6.54 Å². The van der Waals surface area contributed by atoms with Crippen LogP contribution in [-0.4, -0.2) is 34.2 Å². The molecule has 112 valence electrons. The Kier molecular flexibility index (Phi) is 4.11. The van der Waals surface area contributed by atoms with Crippen LogP contribution in [0.4, 0.5) is 4.79 Å². The summed E-state index contributed by atoms with van der Waals surface area (Å²) in [6, 6.07) is 5.34. The molecule has 1 aliphatic heterocycles. The molecular formula is C16H20N2O3. The number of nitrogens with zero attached hydrogens (tertiary/aromatic N) is 2. The molecule has 1 fully saturated rings. The molecule has 0 radical (unpaired) electrons. The molecule has 21 heavy (non-hydrogen) atoms. The molecule has 2 rings (SSSR count). The van der Waals surface area contributed by atoms with E-state index in [9.17, 15) is 14.4 Å². The van der Waals surface area contributed by atoms with E-state index in [2.05, 4.69) is 0 Å². The summed E-state index contributed by atoms with van der Waals surface area (Å²) in [6.45, 7) is 8.13. The van der Waals surface area contributed by atoms with E-state index in [-0.39, 0.29) is 19.0 Å². The number of carbonyl (C=O) groups excluding carboxylic acids is 3. The molecule has 1 aromatic rings. The summed E-state index contributed by atoms with van der Waals surface area (Å²) in [5.41, 5.74) is 2.98. The Hall–Kier alpha value is -2.17.